The van der Waals surface area contributed by atoms with Crippen LogP contribution in [0.1, 0.15) is 32.9 Å². The van der Waals surface area contributed by atoms with E-state index in [4.69, 9.17) is 4.98 Å². The molecule has 0 aliphatic carbocycles. The van der Waals surface area contributed by atoms with E-state index in [0.717, 1.165) is 33.5 Å². The van der Waals surface area contributed by atoms with Crippen molar-refractivity contribution in [2.45, 2.75) is 27.3 Å². The van der Waals surface area contributed by atoms with E-state index >= 15 is 0 Å². The van der Waals surface area contributed by atoms with Gasteiger partial charge in [-0.3, -0.25) is 14.2 Å². The van der Waals surface area contributed by atoms with Crippen molar-refractivity contribution in [1.29, 1.82) is 0 Å². The van der Waals surface area contributed by atoms with Crippen molar-refractivity contribution in [2.24, 2.45) is 7.05 Å². The maximum absolute atomic E-state index is 13.4. The number of nitrogens with one attached hydrogen (secondary N) is 1. The first-order valence-electron chi connectivity index (χ1n) is 11.2. The van der Waals surface area contributed by atoms with Crippen LogP contribution in [0, 0.1) is 20.8 Å². The second-order valence-electron chi connectivity index (χ2n) is 8.55. The average Bonchev–Trinajstić information content (AvgIpc) is 3.36. The average molecular weight is 451 g/mol. The van der Waals surface area contributed by atoms with Crippen molar-refractivity contribution in [3.8, 4) is 11.3 Å². The van der Waals surface area contributed by atoms with Gasteiger partial charge < -0.3 is 5.32 Å². The second-order valence-corrected chi connectivity index (χ2v) is 8.55. The van der Waals surface area contributed by atoms with Gasteiger partial charge >= 0.3 is 0 Å². The SMILES string of the molecule is Cc1ccccc1Cn1cc(NC(=O)c2cc(-c3c(C)nn(C)c3C)nc3ccccc23)cn1. The number of anilines is 1. The minimum Gasteiger partial charge on any atom is -0.319 e. The van der Waals surface area contributed by atoms with Crippen molar-refractivity contribution < 1.29 is 4.79 Å². The fourth-order valence-electron chi connectivity index (χ4n) is 4.31. The lowest BCUT2D eigenvalue weighted by Gasteiger charge is -2.10. The molecule has 0 saturated heterocycles. The van der Waals surface area contributed by atoms with Crippen molar-refractivity contribution in [2.75, 3.05) is 5.32 Å². The molecule has 2 aromatic carbocycles. The van der Waals surface area contributed by atoms with Crippen LogP contribution in [0.4, 0.5) is 5.69 Å². The van der Waals surface area contributed by atoms with E-state index in [1.54, 1.807) is 6.20 Å². The molecule has 170 valence electrons. The van der Waals surface area contributed by atoms with Crippen LogP contribution >= 0.6 is 0 Å². The van der Waals surface area contributed by atoms with Gasteiger partial charge in [-0.2, -0.15) is 10.2 Å². The molecular weight excluding hydrogens is 424 g/mol. The molecule has 3 aromatic heterocycles. The monoisotopic (exact) mass is 450 g/mol. The normalized spacial score (nSPS) is 11.2. The maximum atomic E-state index is 13.4. The lowest BCUT2D eigenvalue weighted by Crippen LogP contribution is -2.13. The van der Waals surface area contributed by atoms with Crippen molar-refractivity contribution in [1.82, 2.24) is 24.5 Å². The van der Waals surface area contributed by atoms with Gasteiger partial charge in [0.25, 0.3) is 5.91 Å². The van der Waals surface area contributed by atoms with E-state index in [0.29, 0.717) is 17.8 Å². The highest BCUT2D eigenvalue weighted by Gasteiger charge is 2.19. The number of amides is 1. The van der Waals surface area contributed by atoms with Crippen molar-refractivity contribution >= 4 is 22.5 Å². The lowest BCUT2D eigenvalue weighted by atomic mass is 10.0. The molecule has 0 atom stereocenters. The third-order valence-corrected chi connectivity index (χ3v) is 6.21. The van der Waals surface area contributed by atoms with Gasteiger partial charge in [0.15, 0.2) is 0 Å². The smallest absolute Gasteiger partial charge is 0.256 e. The zero-order chi connectivity index (χ0) is 23.8. The molecule has 5 rings (SSSR count). The van der Waals surface area contributed by atoms with Crippen LogP contribution in [0.2, 0.25) is 0 Å². The van der Waals surface area contributed by atoms with Gasteiger partial charge in [0.1, 0.15) is 0 Å². The summed E-state index contributed by atoms with van der Waals surface area (Å²) in [4.78, 5) is 18.3. The molecule has 0 aliphatic heterocycles. The minimum absolute atomic E-state index is 0.200. The molecule has 1 N–H and O–H groups in total. The highest BCUT2D eigenvalue weighted by molar-refractivity contribution is 6.13. The fraction of sp³-hybridized carbons (Fsp3) is 0.185. The summed E-state index contributed by atoms with van der Waals surface area (Å²) < 4.78 is 3.67. The predicted molar refractivity (Wildman–Crippen MR) is 134 cm³/mol. The number of nitrogens with zero attached hydrogens (tertiary/aromatic N) is 5. The number of rotatable bonds is 5. The molecule has 5 aromatic rings. The first-order valence-corrected chi connectivity index (χ1v) is 11.2. The van der Waals surface area contributed by atoms with Gasteiger partial charge in [-0.25, -0.2) is 4.98 Å². The highest BCUT2D eigenvalue weighted by Crippen LogP contribution is 2.29. The molecule has 7 heteroatoms. The van der Waals surface area contributed by atoms with Gasteiger partial charge in [-0.1, -0.05) is 42.5 Å². The zero-order valence-electron chi connectivity index (χ0n) is 19.7. The lowest BCUT2D eigenvalue weighted by molar-refractivity contribution is 0.102. The van der Waals surface area contributed by atoms with E-state index in [1.807, 2.05) is 78.9 Å². The molecule has 0 fully saturated rings. The molecule has 0 aliphatic rings. The number of hydrogen-bond donors (Lipinski definition) is 1. The molecule has 0 unspecified atom stereocenters. The zero-order valence-corrected chi connectivity index (χ0v) is 19.7. The van der Waals surface area contributed by atoms with Crippen LogP contribution in [-0.2, 0) is 13.6 Å². The van der Waals surface area contributed by atoms with Crippen molar-refractivity contribution in [3.63, 3.8) is 0 Å². The van der Waals surface area contributed by atoms with Gasteiger partial charge in [0, 0.05) is 29.9 Å². The van der Waals surface area contributed by atoms with Crippen LogP contribution in [0.25, 0.3) is 22.2 Å². The Hall–Kier alpha value is -4.26. The van der Waals surface area contributed by atoms with Gasteiger partial charge in [0.2, 0.25) is 0 Å². The van der Waals surface area contributed by atoms with E-state index in [-0.39, 0.29) is 5.91 Å². The standard InChI is InChI=1S/C27H26N6O/c1-17-9-5-6-10-20(17)15-33-16-21(14-28-33)29-27(34)23-13-25(26-18(2)31-32(4)19(26)3)30-24-12-8-7-11-22(23)24/h5-14,16H,15H2,1-4H3,(H,29,34). The Morgan fingerprint density at radius 1 is 1.03 bits per heavy atom. The van der Waals surface area contributed by atoms with E-state index in [2.05, 4.69) is 34.6 Å². The summed E-state index contributed by atoms with van der Waals surface area (Å²) in [5, 5.41) is 12.8. The fourth-order valence-corrected chi connectivity index (χ4v) is 4.31. The Bertz CT molecular complexity index is 1530. The third-order valence-electron chi connectivity index (χ3n) is 6.21. The van der Waals surface area contributed by atoms with E-state index in [9.17, 15) is 4.79 Å². The van der Waals surface area contributed by atoms with Crippen LogP contribution in [0.5, 0.6) is 0 Å². The molecule has 0 saturated carbocycles. The minimum atomic E-state index is -0.200. The summed E-state index contributed by atoms with van der Waals surface area (Å²) in [6, 6.07) is 17.8. The summed E-state index contributed by atoms with van der Waals surface area (Å²) in [6.45, 7) is 6.69. The van der Waals surface area contributed by atoms with Crippen LogP contribution in [0.3, 0.4) is 0 Å². The summed E-state index contributed by atoms with van der Waals surface area (Å²) in [7, 11) is 1.91. The molecule has 7 nitrogen and oxygen atoms in total. The highest BCUT2D eigenvalue weighted by atomic mass is 16.1. The van der Waals surface area contributed by atoms with Crippen LogP contribution in [0.15, 0.2) is 67.0 Å². The molecule has 0 radical (unpaired) electrons. The summed E-state index contributed by atoms with van der Waals surface area (Å²) in [5.74, 6) is -0.200. The Labute approximate surface area is 198 Å². The van der Waals surface area contributed by atoms with Gasteiger partial charge in [-0.05, 0) is 44.0 Å². The molecule has 0 spiro atoms. The number of carbonyl (C=O) groups is 1. The quantitative estimate of drug-likeness (QED) is 0.406. The summed E-state index contributed by atoms with van der Waals surface area (Å²) >= 11 is 0. The molecule has 1 amide bonds. The number of pyridine rings is 1. The first kappa shape index (κ1) is 21.6. The topological polar surface area (TPSA) is 77.6 Å². The number of aromatic nitrogens is 5. The largest absolute Gasteiger partial charge is 0.319 e. The molecule has 34 heavy (non-hydrogen) atoms. The predicted octanol–water partition coefficient (Wildman–Crippen LogP) is 5.06. The Morgan fingerprint density at radius 2 is 1.79 bits per heavy atom. The maximum Gasteiger partial charge on any atom is 0.256 e. The number of carbonyl (C=O) groups excluding carboxylic acids is 1. The second kappa shape index (κ2) is 8.59. The van der Waals surface area contributed by atoms with Crippen molar-refractivity contribution in [3.05, 3.63) is 95.1 Å². The van der Waals surface area contributed by atoms with E-state index in [1.165, 1.54) is 11.1 Å². The number of hydrogen-bond acceptors (Lipinski definition) is 4. The molecule has 0 bridgehead atoms. The number of benzene rings is 2. The van der Waals surface area contributed by atoms with E-state index < -0.39 is 0 Å². The number of fused-ring (bicyclic) bond motifs is 1. The van der Waals surface area contributed by atoms with Gasteiger partial charge in [-0.15, -0.1) is 0 Å². The van der Waals surface area contributed by atoms with Crippen LogP contribution < -0.4 is 5.32 Å². The Balaban J connectivity index is 1.48. The van der Waals surface area contributed by atoms with Gasteiger partial charge in [0.05, 0.1) is 40.9 Å². The Kier molecular flexibility index (Phi) is 5.45. The first-order chi connectivity index (χ1) is 16.4. The third kappa shape index (κ3) is 3.96. The molecule has 3 heterocycles. The number of aryl methyl sites for hydroxylation is 3. The summed E-state index contributed by atoms with van der Waals surface area (Å²) in [6.07, 6.45) is 3.53. The molecular formula is C27H26N6O. The number of para-hydroxylation sites is 1. The summed E-state index contributed by atoms with van der Waals surface area (Å²) in [5.41, 5.74) is 7.95. The van der Waals surface area contributed by atoms with Crippen LogP contribution in [-0.4, -0.2) is 30.5 Å². The Morgan fingerprint density at radius 3 is 2.56 bits per heavy atom.